The number of aliphatic hydroxyl groups is 1. The molecule has 0 radical (unpaired) electrons. The molecule has 2 aromatic carbocycles. The number of aliphatic hydroxyl groups excluding tert-OH is 1. The molecule has 0 saturated carbocycles. The van der Waals surface area contributed by atoms with E-state index in [-0.39, 0.29) is 23.8 Å². The van der Waals surface area contributed by atoms with E-state index in [9.17, 15) is 19.5 Å². The first kappa shape index (κ1) is 22.4. The van der Waals surface area contributed by atoms with Gasteiger partial charge in [-0.1, -0.05) is 48.5 Å². The lowest BCUT2D eigenvalue weighted by atomic mass is 9.99. The first-order chi connectivity index (χ1) is 15.2. The molecular formula is C24H27N3O4S. The van der Waals surface area contributed by atoms with Gasteiger partial charge in [0.25, 0.3) is 5.91 Å². The van der Waals surface area contributed by atoms with E-state index in [2.05, 4.69) is 10.6 Å². The molecule has 4 rings (SSSR count). The Kier molecular flexibility index (Phi) is 6.01. The quantitative estimate of drug-likeness (QED) is 0.624. The molecule has 0 bridgehead atoms. The second-order valence-corrected chi connectivity index (χ2v) is 10.5. The van der Waals surface area contributed by atoms with Crippen LogP contribution in [0.4, 0.5) is 0 Å². The van der Waals surface area contributed by atoms with Crippen LogP contribution in [0.5, 0.6) is 0 Å². The molecule has 0 aromatic heterocycles. The zero-order valence-corrected chi connectivity index (χ0v) is 19.1. The van der Waals surface area contributed by atoms with Gasteiger partial charge in [0.1, 0.15) is 17.5 Å². The predicted molar refractivity (Wildman–Crippen MR) is 123 cm³/mol. The number of thioether (sulfide) groups is 1. The Labute approximate surface area is 191 Å². The minimum atomic E-state index is -0.947. The lowest BCUT2D eigenvalue weighted by Crippen LogP contribution is -2.55. The fourth-order valence-electron chi connectivity index (χ4n) is 4.34. The average molecular weight is 454 g/mol. The molecule has 8 heteroatoms. The third-order valence-corrected chi connectivity index (χ3v) is 7.42. The number of amides is 3. The molecule has 168 valence electrons. The van der Waals surface area contributed by atoms with Gasteiger partial charge in [-0.3, -0.25) is 14.4 Å². The van der Waals surface area contributed by atoms with Crippen LogP contribution in [0.1, 0.15) is 53.7 Å². The average Bonchev–Trinajstić information content (AvgIpc) is 3.21. The van der Waals surface area contributed by atoms with Gasteiger partial charge in [-0.15, -0.1) is 11.8 Å². The van der Waals surface area contributed by atoms with Gasteiger partial charge in [-0.25, -0.2) is 0 Å². The molecule has 2 aliphatic heterocycles. The van der Waals surface area contributed by atoms with Crippen LogP contribution in [0.25, 0.3) is 0 Å². The number of rotatable bonds is 6. The SMILES string of the molecule is C[C@@H](CO)NC(=O)[C@@H](NC(=O)[C@H]1N2C(=O)c3ccccc3C2SC1(C)C)c1ccccc1. The maximum atomic E-state index is 13.6. The summed E-state index contributed by atoms with van der Waals surface area (Å²) in [5.41, 5.74) is 2.16. The molecule has 3 N–H and O–H groups in total. The number of nitrogens with one attached hydrogen (secondary N) is 2. The smallest absolute Gasteiger partial charge is 0.256 e. The minimum absolute atomic E-state index is 0.168. The number of carbonyl (C=O) groups is 3. The number of fused-ring (bicyclic) bond motifs is 3. The van der Waals surface area contributed by atoms with Crippen molar-refractivity contribution in [3.05, 3.63) is 71.3 Å². The van der Waals surface area contributed by atoms with Crippen LogP contribution in [0.3, 0.4) is 0 Å². The highest BCUT2D eigenvalue weighted by Gasteiger charge is 2.57. The molecule has 0 spiro atoms. The second kappa shape index (κ2) is 8.60. The number of carbonyl (C=O) groups excluding carboxylic acids is 3. The molecule has 4 atom stereocenters. The highest BCUT2D eigenvalue weighted by atomic mass is 32.2. The molecular weight excluding hydrogens is 426 g/mol. The number of benzene rings is 2. The van der Waals surface area contributed by atoms with Gasteiger partial charge in [-0.2, -0.15) is 0 Å². The van der Waals surface area contributed by atoms with E-state index in [0.717, 1.165) is 5.56 Å². The minimum Gasteiger partial charge on any atom is -0.394 e. The third-order valence-electron chi connectivity index (χ3n) is 5.89. The Balaban J connectivity index is 1.63. The van der Waals surface area contributed by atoms with E-state index in [4.69, 9.17) is 0 Å². The molecule has 3 amide bonds. The second-order valence-electron chi connectivity index (χ2n) is 8.72. The molecule has 1 saturated heterocycles. The predicted octanol–water partition coefficient (Wildman–Crippen LogP) is 2.39. The van der Waals surface area contributed by atoms with Crippen LogP contribution < -0.4 is 10.6 Å². The van der Waals surface area contributed by atoms with Gasteiger partial charge in [-0.05, 0) is 38.0 Å². The number of hydrogen-bond acceptors (Lipinski definition) is 5. The van der Waals surface area contributed by atoms with E-state index in [1.165, 1.54) is 0 Å². The largest absolute Gasteiger partial charge is 0.394 e. The summed E-state index contributed by atoms with van der Waals surface area (Å²) in [5, 5.41) is 14.7. The van der Waals surface area contributed by atoms with Crippen LogP contribution in [0.15, 0.2) is 54.6 Å². The summed E-state index contributed by atoms with van der Waals surface area (Å²) in [5.74, 6) is -0.965. The van der Waals surface area contributed by atoms with Gasteiger partial charge in [0.15, 0.2) is 0 Å². The fraction of sp³-hybridized carbons (Fsp3) is 0.375. The van der Waals surface area contributed by atoms with Gasteiger partial charge in [0, 0.05) is 16.4 Å². The molecule has 0 aliphatic carbocycles. The summed E-state index contributed by atoms with van der Waals surface area (Å²) in [6.07, 6.45) is 0. The number of nitrogens with zero attached hydrogens (tertiary/aromatic N) is 1. The van der Waals surface area contributed by atoms with Crippen molar-refractivity contribution in [3.8, 4) is 0 Å². The lowest BCUT2D eigenvalue weighted by Gasteiger charge is -2.31. The van der Waals surface area contributed by atoms with Gasteiger partial charge < -0.3 is 20.6 Å². The molecule has 1 fully saturated rings. The molecule has 2 aromatic rings. The van der Waals surface area contributed by atoms with Crippen molar-refractivity contribution in [1.82, 2.24) is 15.5 Å². The Morgan fingerprint density at radius 3 is 2.44 bits per heavy atom. The van der Waals surface area contributed by atoms with Gasteiger partial charge in [0.2, 0.25) is 11.8 Å². The standard InChI is InChI=1S/C24H27N3O4S/c1-14(13-28)25-20(29)18(15-9-5-4-6-10-15)26-21(30)19-24(2,3)32-23-17-12-8-7-11-16(17)22(31)27(19)23/h4-12,14,18-19,23,28H,13H2,1-3H3,(H,25,29)(H,26,30)/t14-,18-,19+,23?/m0/s1. The highest BCUT2D eigenvalue weighted by Crippen LogP contribution is 2.56. The van der Waals surface area contributed by atoms with Crippen molar-refractivity contribution in [1.29, 1.82) is 0 Å². The molecule has 7 nitrogen and oxygen atoms in total. The normalized spacial score (nSPS) is 22.6. The van der Waals surface area contributed by atoms with Crippen molar-refractivity contribution < 1.29 is 19.5 Å². The van der Waals surface area contributed by atoms with Crippen molar-refractivity contribution in [2.24, 2.45) is 0 Å². The topological polar surface area (TPSA) is 98.7 Å². The maximum absolute atomic E-state index is 13.6. The van der Waals surface area contributed by atoms with Gasteiger partial charge in [0.05, 0.1) is 6.61 Å². The first-order valence-corrected chi connectivity index (χ1v) is 11.5. The Bertz CT molecular complexity index is 1040. The van der Waals surface area contributed by atoms with Crippen LogP contribution in [-0.4, -0.2) is 51.2 Å². The van der Waals surface area contributed by atoms with Crippen LogP contribution in [-0.2, 0) is 9.59 Å². The number of hydrogen-bond donors (Lipinski definition) is 3. The van der Waals surface area contributed by atoms with Crippen LogP contribution >= 0.6 is 11.8 Å². The summed E-state index contributed by atoms with van der Waals surface area (Å²) in [4.78, 5) is 41.4. The Morgan fingerprint density at radius 1 is 1.09 bits per heavy atom. The zero-order chi connectivity index (χ0) is 23.0. The highest BCUT2D eigenvalue weighted by molar-refractivity contribution is 8.01. The third kappa shape index (κ3) is 3.89. The van der Waals surface area contributed by atoms with E-state index >= 15 is 0 Å². The van der Waals surface area contributed by atoms with Crippen LogP contribution in [0.2, 0.25) is 0 Å². The monoisotopic (exact) mass is 453 g/mol. The van der Waals surface area contributed by atoms with E-state index in [0.29, 0.717) is 11.1 Å². The van der Waals surface area contributed by atoms with E-state index in [1.807, 2.05) is 38.1 Å². The fourth-order valence-corrected chi connectivity index (χ4v) is 5.93. The van der Waals surface area contributed by atoms with Gasteiger partial charge >= 0.3 is 0 Å². The van der Waals surface area contributed by atoms with Crippen LogP contribution in [0, 0.1) is 0 Å². The molecule has 1 unspecified atom stereocenters. The lowest BCUT2D eigenvalue weighted by molar-refractivity contribution is -0.132. The molecule has 2 aliphatic rings. The summed E-state index contributed by atoms with van der Waals surface area (Å²) in [7, 11) is 0. The van der Waals surface area contributed by atoms with Crippen molar-refractivity contribution in [2.45, 2.75) is 49.0 Å². The van der Waals surface area contributed by atoms with E-state index in [1.54, 1.807) is 53.9 Å². The molecule has 32 heavy (non-hydrogen) atoms. The summed E-state index contributed by atoms with van der Waals surface area (Å²) in [6, 6.07) is 14.2. The molecule has 2 heterocycles. The van der Waals surface area contributed by atoms with Crippen molar-refractivity contribution in [3.63, 3.8) is 0 Å². The summed E-state index contributed by atoms with van der Waals surface area (Å²) in [6.45, 7) is 5.36. The Morgan fingerprint density at radius 2 is 1.75 bits per heavy atom. The van der Waals surface area contributed by atoms with Crippen molar-refractivity contribution in [2.75, 3.05) is 6.61 Å². The summed E-state index contributed by atoms with van der Waals surface area (Å²) >= 11 is 1.58. The first-order valence-electron chi connectivity index (χ1n) is 10.6. The Hall–Kier alpha value is -2.84. The van der Waals surface area contributed by atoms with E-state index < -0.39 is 28.8 Å². The summed E-state index contributed by atoms with van der Waals surface area (Å²) < 4.78 is -0.548. The maximum Gasteiger partial charge on any atom is 0.256 e. The van der Waals surface area contributed by atoms with Crippen molar-refractivity contribution >= 4 is 29.5 Å². The zero-order valence-electron chi connectivity index (χ0n) is 18.2.